The second kappa shape index (κ2) is 3.75. The van der Waals surface area contributed by atoms with Crippen LogP contribution in [-0.2, 0) is 4.74 Å². The lowest BCUT2D eigenvalue weighted by Crippen LogP contribution is -2.49. The average molecular weight is 171 g/mol. The number of nitrogens with zero attached hydrogens (tertiary/aromatic N) is 1. The largest absolute Gasteiger partial charge is 0.363 e. The maximum atomic E-state index is 5.77. The summed E-state index contributed by atoms with van der Waals surface area (Å²) >= 11 is 0. The molecule has 1 fully saturated rings. The highest BCUT2D eigenvalue weighted by Crippen LogP contribution is 2.27. The number of hydrogen-bond acceptors (Lipinski definition) is 2. The molecule has 0 bridgehead atoms. The molecule has 1 saturated heterocycles. The number of hydrogen-bond donors (Lipinski definition) is 0. The second-order valence-electron chi connectivity index (χ2n) is 4.57. The maximum absolute atomic E-state index is 5.77. The van der Waals surface area contributed by atoms with Crippen LogP contribution in [0.25, 0.3) is 0 Å². The molecule has 0 aliphatic carbocycles. The van der Waals surface area contributed by atoms with Crippen LogP contribution in [0.1, 0.15) is 34.1 Å². The Kier molecular flexibility index (Phi) is 3.13. The summed E-state index contributed by atoms with van der Waals surface area (Å²) in [7, 11) is 0. The van der Waals surface area contributed by atoms with Crippen molar-refractivity contribution in [3.05, 3.63) is 0 Å². The molecule has 0 aromatic heterocycles. The van der Waals surface area contributed by atoms with Crippen molar-refractivity contribution >= 4 is 0 Å². The topological polar surface area (TPSA) is 12.5 Å². The minimum Gasteiger partial charge on any atom is -0.363 e. The molecule has 72 valence electrons. The standard InChI is InChI=1S/C10H21NO/c1-5-11-7-6-8-12-9(11)10(2,3)4/h9H,5-8H2,1-4H3. The molecule has 0 amide bonds. The van der Waals surface area contributed by atoms with E-state index in [4.69, 9.17) is 4.74 Å². The first-order chi connectivity index (χ1) is 5.55. The van der Waals surface area contributed by atoms with Gasteiger partial charge in [0.2, 0.25) is 0 Å². The van der Waals surface area contributed by atoms with E-state index in [9.17, 15) is 0 Å². The van der Waals surface area contributed by atoms with Crippen molar-refractivity contribution in [2.45, 2.75) is 40.3 Å². The summed E-state index contributed by atoms with van der Waals surface area (Å²) in [5.74, 6) is 0. The van der Waals surface area contributed by atoms with Crippen molar-refractivity contribution in [1.82, 2.24) is 4.90 Å². The summed E-state index contributed by atoms with van der Waals surface area (Å²) in [4.78, 5) is 2.42. The van der Waals surface area contributed by atoms with Gasteiger partial charge in [-0.15, -0.1) is 0 Å². The zero-order valence-electron chi connectivity index (χ0n) is 8.76. The summed E-state index contributed by atoms with van der Waals surface area (Å²) in [6, 6.07) is 0. The van der Waals surface area contributed by atoms with Crippen LogP contribution in [0.4, 0.5) is 0 Å². The molecule has 2 heteroatoms. The molecule has 0 spiro atoms. The molecule has 1 aliphatic rings. The van der Waals surface area contributed by atoms with Crippen LogP contribution in [0, 0.1) is 5.41 Å². The van der Waals surface area contributed by atoms with Crippen LogP contribution >= 0.6 is 0 Å². The molecule has 1 atom stereocenters. The van der Waals surface area contributed by atoms with E-state index < -0.39 is 0 Å². The van der Waals surface area contributed by atoms with Gasteiger partial charge >= 0.3 is 0 Å². The van der Waals surface area contributed by atoms with E-state index in [1.165, 1.54) is 13.0 Å². The van der Waals surface area contributed by atoms with Crippen molar-refractivity contribution in [2.75, 3.05) is 19.7 Å². The first-order valence-corrected chi connectivity index (χ1v) is 4.91. The average Bonchev–Trinajstić information content (AvgIpc) is 2.03. The fourth-order valence-corrected chi connectivity index (χ4v) is 1.81. The Morgan fingerprint density at radius 3 is 2.50 bits per heavy atom. The third-order valence-electron chi connectivity index (χ3n) is 2.34. The monoisotopic (exact) mass is 171 g/mol. The van der Waals surface area contributed by atoms with E-state index in [2.05, 4.69) is 32.6 Å². The molecule has 1 heterocycles. The van der Waals surface area contributed by atoms with Crippen LogP contribution in [0.2, 0.25) is 0 Å². The number of rotatable bonds is 1. The van der Waals surface area contributed by atoms with Crippen molar-refractivity contribution < 1.29 is 4.74 Å². The van der Waals surface area contributed by atoms with Gasteiger partial charge in [0, 0.05) is 18.6 Å². The lowest BCUT2D eigenvalue weighted by atomic mass is 9.92. The second-order valence-corrected chi connectivity index (χ2v) is 4.57. The summed E-state index contributed by atoms with van der Waals surface area (Å²) in [5, 5.41) is 0. The molecular formula is C10H21NO. The van der Waals surface area contributed by atoms with Gasteiger partial charge < -0.3 is 4.74 Å². The fraction of sp³-hybridized carbons (Fsp3) is 1.00. The zero-order valence-corrected chi connectivity index (χ0v) is 8.76. The molecule has 0 saturated carbocycles. The molecule has 0 N–H and O–H groups in total. The van der Waals surface area contributed by atoms with Gasteiger partial charge in [-0.1, -0.05) is 27.7 Å². The molecule has 0 aromatic rings. The lowest BCUT2D eigenvalue weighted by molar-refractivity contribution is -0.146. The van der Waals surface area contributed by atoms with Crippen molar-refractivity contribution in [3.63, 3.8) is 0 Å². The molecule has 1 unspecified atom stereocenters. The first-order valence-electron chi connectivity index (χ1n) is 4.91. The van der Waals surface area contributed by atoms with Gasteiger partial charge in [0.1, 0.15) is 6.23 Å². The molecule has 1 aliphatic heterocycles. The molecule has 2 nitrogen and oxygen atoms in total. The Morgan fingerprint density at radius 1 is 1.42 bits per heavy atom. The predicted octanol–water partition coefficient (Wildman–Crippen LogP) is 2.10. The van der Waals surface area contributed by atoms with E-state index in [-0.39, 0.29) is 5.41 Å². The van der Waals surface area contributed by atoms with E-state index in [0.29, 0.717) is 6.23 Å². The van der Waals surface area contributed by atoms with Gasteiger partial charge in [-0.2, -0.15) is 0 Å². The van der Waals surface area contributed by atoms with Crippen LogP contribution < -0.4 is 0 Å². The molecular weight excluding hydrogens is 150 g/mol. The minimum absolute atomic E-state index is 0.246. The summed E-state index contributed by atoms with van der Waals surface area (Å²) in [5.41, 5.74) is 0.246. The highest BCUT2D eigenvalue weighted by Gasteiger charge is 2.32. The van der Waals surface area contributed by atoms with Crippen molar-refractivity contribution in [2.24, 2.45) is 5.41 Å². The predicted molar refractivity (Wildman–Crippen MR) is 51.1 cm³/mol. The third kappa shape index (κ3) is 2.20. The highest BCUT2D eigenvalue weighted by molar-refractivity contribution is 4.77. The van der Waals surface area contributed by atoms with E-state index >= 15 is 0 Å². The van der Waals surface area contributed by atoms with Gasteiger partial charge in [-0.05, 0) is 13.0 Å². The highest BCUT2D eigenvalue weighted by atomic mass is 16.5. The zero-order chi connectivity index (χ0) is 9.19. The SMILES string of the molecule is CCN1CCCOC1C(C)(C)C. The summed E-state index contributed by atoms with van der Waals surface area (Å²) in [6.07, 6.45) is 1.50. The summed E-state index contributed by atoms with van der Waals surface area (Å²) in [6.45, 7) is 12.1. The van der Waals surface area contributed by atoms with Gasteiger partial charge in [0.05, 0.1) is 0 Å². The van der Waals surface area contributed by atoms with Crippen LogP contribution in [-0.4, -0.2) is 30.8 Å². The van der Waals surface area contributed by atoms with Crippen LogP contribution in [0.15, 0.2) is 0 Å². The molecule has 12 heavy (non-hydrogen) atoms. The smallest absolute Gasteiger partial charge is 0.115 e. The van der Waals surface area contributed by atoms with Gasteiger partial charge in [-0.3, -0.25) is 4.90 Å². The Morgan fingerprint density at radius 2 is 2.08 bits per heavy atom. The molecule has 1 rings (SSSR count). The Balaban J connectivity index is 2.59. The van der Waals surface area contributed by atoms with Crippen molar-refractivity contribution in [3.8, 4) is 0 Å². The Bertz CT molecular complexity index is 139. The minimum atomic E-state index is 0.246. The molecule has 0 aromatic carbocycles. The summed E-state index contributed by atoms with van der Waals surface area (Å²) < 4.78 is 5.77. The van der Waals surface area contributed by atoms with E-state index in [1.54, 1.807) is 0 Å². The Hall–Kier alpha value is -0.0800. The first kappa shape index (κ1) is 10.0. The molecule has 0 radical (unpaired) electrons. The quantitative estimate of drug-likeness (QED) is 0.599. The third-order valence-corrected chi connectivity index (χ3v) is 2.34. The van der Waals surface area contributed by atoms with Gasteiger partial charge in [-0.25, -0.2) is 0 Å². The van der Waals surface area contributed by atoms with E-state index in [1.807, 2.05) is 0 Å². The van der Waals surface area contributed by atoms with E-state index in [0.717, 1.165) is 13.2 Å². The Labute approximate surface area is 75.9 Å². The van der Waals surface area contributed by atoms with Crippen LogP contribution in [0.5, 0.6) is 0 Å². The fourth-order valence-electron chi connectivity index (χ4n) is 1.81. The van der Waals surface area contributed by atoms with Gasteiger partial charge in [0.25, 0.3) is 0 Å². The lowest BCUT2D eigenvalue weighted by Gasteiger charge is -2.42. The van der Waals surface area contributed by atoms with Crippen molar-refractivity contribution in [1.29, 1.82) is 0 Å². The number of ether oxygens (including phenoxy) is 1. The normalized spacial score (nSPS) is 27.5. The van der Waals surface area contributed by atoms with Gasteiger partial charge in [0.15, 0.2) is 0 Å². The maximum Gasteiger partial charge on any atom is 0.115 e. The van der Waals surface area contributed by atoms with Crippen LogP contribution in [0.3, 0.4) is 0 Å².